The van der Waals surface area contributed by atoms with Crippen molar-refractivity contribution in [3.63, 3.8) is 0 Å². The van der Waals surface area contributed by atoms with E-state index in [-0.39, 0.29) is 6.04 Å². The summed E-state index contributed by atoms with van der Waals surface area (Å²) in [6.07, 6.45) is 1.90. The van der Waals surface area contributed by atoms with E-state index in [1.165, 1.54) is 11.1 Å². The second-order valence-electron chi connectivity index (χ2n) is 4.89. The van der Waals surface area contributed by atoms with Gasteiger partial charge in [-0.1, -0.05) is 48.2 Å². The van der Waals surface area contributed by atoms with E-state index in [9.17, 15) is 8.78 Å². The SMILES string of the molecule is FC(F)Sc1ccccc1NC1Cc2ccccc2C1. The van der Waals surface area contributed by atoms with Gasteiger partial charge < -0.3 is 5.32 Å². The molecule has 20 heavy (non-hydrogen) atoms. The van der Waals surface area contributed by atoms with E-state index in [0.717, 1.165) is 18.5 Å². The van der Waals surface area contributed by atoms with Crippen LogP contribution in [0.5, 0.6) is 0 Å². The van der Waals surface area contributed by atoms with Gasteiger partial charge in [0.2, 0.25) is 0 Å². The lowest BCUT2D eigenvalue weighted by Gasteiger charge is -2.16. The third kappa shape index (κ3) is 2.96. The molecule has 0 spiro atoms. The second-order valence-corrected chi connectivity index (χ2v) is 5.92. The van der Waals surface area contributed by atoms with E-state index < -0.39 is 5.76 Å². The predicted octanol–water partition coefficient (Wildman–Crippen LogP) is 4.58. The van der Waals surface area contributed by atoms with Crippen LogP contribution in [0.15, 0.2) is 53.4 Å². The van der Waals surface area contributed by atoms with Gasteiger partial charge in [-0.2, -0.15) is 8.78 Å². The number of hydrogen-bond acceptors (Lipinski definition) is 2. The van der Waals surface area contributed by atoms with Gasteiger partial charge in [-0.05, 0) is 36.1 Å². The van der Waals surface area contributed by atoms with Crippen molar-refractivity contribution in [3.8, 4) is 0 Å². The molecule has 0 unspecified atom stereocenters. The molecule has 0 bridgehead atoms. The van der Waals surface area contributed by atoms with Gasteiger partial charge in [0.25, 0.3) is 5.76 Å². The molecule has 1 nitrogen and oxygen atoms in total. The van der Waals surface area contributed by atoms with E-state index in [1.807, 2.05) is 24.3 Å². The lowest BCUT2D eigenvalue weighted by Crippen LogP contribution is -2.19. The summed E-state index contributed by atoms with van der Waals surface area (Å²) in [5, 5.41) is 3.41. The molecule has 1 aliphatic rings. The first-order valence-electron chi connectivity index (χ1n) is 6.59. The van der Waals surface area contributed by atoms with Crippen molar-refractivity contribution in [1.29, 1.82) is 0 Å². The van der Waals surface area contributed by atoms with Gasteiger partial charge in [0, 0.05) is 16.6 Å². The molecule has 0 aliphatic heterocycles. The quantitative estimate of drug-likeness (QED) is 0.827. The standard InChI is InChI=1S/C16H15F2NS/c17-16(18)20-15-8-4-3-7-14(15)19-13-9-11-5-1-2-6-12(11)10-13/h1-8,13,16,19H,9-10H2. The maximum Gasteiger partial charge on any atom is 0.288 e. The Morgan fingerprint density at radius 3 is 2.20 bits per heavy atom. The van der Waals surface area contributed by atoms with Crippen LogP contribution in [0.2, 0.25) is 0 Å². The van der Waals surface area contributed by atoms with E-state index in [0.29, 0.717) is 16.7 Å². The number of para-hydroxylation sites is 1. The molecule has 0 fully saturated rings. The Hall–Kier alpha value is -1.55. The smallest absolute Gasteiger partial charge is 0.288 e. The molecule has 0 saturated heterocycles. The topological polar surface area (TPSA) is 12.0 Å². The molecule has 0 heterocycles. The number of nitrogens with one attached hydrogen (secondary N) is 1. The maximum atomic E-state index is 12.6. The highest BCUT2D eigenvalue weighted by Gasteiger charge is 2.21. The molecule has 1 N–H and O–H groups in total. The summed E-state index contributed by atoms with van der Waals surface area (Å²) < 4.78 is 25.1. The molecule has 0 aromatic heterocycles. The number of halogens is 2. The van der Waals surface area contributed by atoms with Gasteiger partial charge >= 0.3 is 0 Å². The maximum absolute atomic E-state index is 12.6. The van der Waals surface area contributed by atoms with Crippen molar-refractivity contribution >= 4 is 17.4 Å². The minimum atomic E-state index is -2.39. The van der Waals surface area contributed by atoms with Crippen LogP contribution in [0.25, 0.3) is 0 Å². The van der Waals surface area contributed by atoms with Crippen molar-refractivity contribution in [2.45, 2.75) is 29.5 Å². The molecule has 0 amide bonds. The summed E-state index contributed by atoms with van der Waals surface area (Å²) in [4.78, 5) is 0.610. The number of fused-ring (bicyclic) bond motifs is 1. The Labute approximate surface area is 121 Å². The highest BCUT2D eigenvalue weighted by molar-refractivity contribution is 7.99. The van der Waals surface area contributed by atoms with Crippen LogP contribution in [-0.2, 0) is 12.8 Å². The lowest BCUT2D eigenvalue weighted by molar-refractivity contribution is 0.252. The van der Waals surface area contributed by atoms with Crippen molar-refractivity contribution in [2.24, 2.45) is 0 Å². The van der Waals surface area contributed by atoms with Crippen molar-refractivity contribution < 1.29 is 8.78 Å². The molecule has 104 valence electrons. The van der Waals surface area contributed by atoms with E-state index in [1.54, 1.807) is 12.1 Å². The van der Waals surface area contributed by atoms with Gasteiger partial charge in [0.15, 0.2) is 0 Å². The first-order valence-corrected chi connectivity index (χ1v) is 7.47. The molecular weight excluding hydrogens is 276 g/mol. The van der Waals surface area contributed by atoms with Crippen LogP contribution in [0, 0.1) is 0 Å². The minimum absolute atomic E-state index is 0.284. The number of benzene rings is 2. The molecular formula is C16H15F2NS. The summed E-state index contributed by atoms with van der Waals surface area (Å²) in [5.74, 6) is -2.39. The van der Waals surface area contributed by atoms with E-state index in [4.69, 9.17) is 0 Å². The Morgan fingerprint density at radius 2 is 1.55 bits per heavy atom. The first-order chi connectivity index (χ1) is 9.72. The highest BCUT2D eigenvalue weighted by Crippen LogP contribution is 2.33. The van der Waals surface area contributed by atoms with Gasteiger partial charge in [-0.3, -0.25) is 0 Å². The van der Waals surface area contributed by atoms with Gasteiger partial charge in [-0.25, -0.2) is 0 Å². The van der Waals surface area contributed by atoms with Crippen LogP contribution in [0.3, 0.4) is 0 Å². The predicted molar refractivity (Wildman–Crippen MR) is 79.6 cm³/mol. The molecule has 2 aromatic carbocycles. The molecule has 4 heteroatoms. The minimum Gasteiger partial charge on any atom is -0.381 e. The second kappa shape index (κ2) is 5.83. The van der Waals surface area contributed by atoms with Gasteiger partial charge in [0.05, 0.1) is 0 Å². The molecule has 0 atom stereocenters. The summed E-state index contributed by atoms with van der Waals surface area (Å²) in [5.41, 5.74) is 3.50. The summed E-state index contributed by atoms with van der Waals surface area (Å²) in [7, 11) is 0. The summed E-state index contributed by atoms with van der Waals surface area (Å²) in [6, 6.07) is 15.9. The summed E-state index contributed by atoms with van der Waals surface area (Å²) in [6.45, 7) is 0. The van der Waals surface area contributed by atoms with E-state index in [2.05, 4.69) is 17.4 Å². The number of hydrogen-bond donors (Lipinski definition) is 1. The zero-order chi connectivity index (χ0) is 13.9. The first kappa shape index (κ1) is 13.4. The number of anilines is 1. The van der Waals surface area contributed by atoms with Gasteiger partial charge in [-0.15, -0.1) is 0 Å². The average molecular weight is 291 g/mol. The Morgan fingerprint density at radius 1 is 0.950 bits per heavy atom. The van der Waals surface area contributed by atoms with E-state index >= 15 is 0 Å². The van der Waals surface area contributed by atoms with Gasteiger partial charge in [0.1, 0.15) is 0 Å². The van der Waals surface area contributed by atoms with Crippen LogP contribution in [0.1, 0.15) is 11.1 Å². The molecule has 0 saturated carbocycles. The molecule has 3 rings (SSSR count). The Kier molecular flexibility index (Phi) is 3.92. The van der Waals surface area contributed by atoms with Crippen LogP contribution < -0.4 is 5.32 Å². The Bertz CT molecular complexity index is 576. The normalized spacial score (nSPS) is 14.6. The van der Waals surface area contributed by atoms with Crippen LogP contribution in [0.4, 0.5) is 14.5 Å². The largest absolute Gasteiger partial charge is 0.381 e. The number of rotatable bonds is 4. The molecule has 1 aliphatic carbocycles. The van der Waals surface area contributed by atoms with Crippen molar-refractivity contribution in [2.75, 3.05) is 5.32 Å². The number of alkyl halides is 2. The zero-order valence-corrected chi connectivity index (χ0v) is 11.7. The fourth-order valence-electron chi connectivity index (χ4n) is 2.67. The van der Waals surface area contributed by atoms with Crippen molar-refractivity contribution in [3.05, 3.63) is 59.7 Å². The average Bonchev–Trinajstić information content (AvgIpc) is 2.82. The number of thioether (sulfide) groups is 1. The van der Waals surface area contributed by atoms with Crippen LogP contribution >= 0.6 is 11.8 Å². The Balaban J connectivity index is 1.74. The summed E-state index contributed by atoms with van der Waals surface area (Å²) >= 11 is 0.596. The molecule has 0 radical (unpaired) electrons. The van der Waals surface area contributed by atoms with Crippen molar-refractivity contribution in [1.82, 2.24) is 0 Å². The fourth-order valence-corrected chi connectivity index (χ4v) is 3.27. The molecule has 2 aromatic rings. The lowest BCUT2D eigenvalue weighted by atomic mass is 10.1. The zero-order valence-electron chi connectivity index (χ0n) is 10.9. The monoisotopic (exact) mass is 291 g/mol. The third-order valence-electron chi connectivity index (χ3n) is 3.51. The third-order valence-corrected chi connectivity index (χ3v) is 4.30. The highest BCUT2D eigenvalue weighted by atomic mass is 32.2. The van der Waals surface area contributed by atoms with Crippen LogP contribution in [-0.4, -0.2) is 11.8 Å². The fraction of sp³-hybridized carbons (Fsp3) is 0.250.